The van der Waals surface area contributed by atoms with Gasteiger partial charge in [-0.05, 0) is 75.0 Å². The van der Waals surface area contributed by atoms with Gasteiger partial charge in [-0.25, -0.2) is 13.2 Å². The van der Waals surface area contributed by atoms with Crippen molar-refractivity contribution in [3.63, 3.8) is 0 Å². The fraction of sp³-hybridized carbons (Fsp3) is 0.304. The van der Waals surface area contributed by atoms with Crippen LogP contribution in [0.5, 0.6) is 5.75 Å². The number of carbonyl (C=O) groups excluding carboxylic acids is 1. The van der Waals surface area contributed by atoms with Crippen LogP contribution in [0.3, 0.4) is 0 Å². The molecule has 3 rings (SSSR count). The smallest absolute Gasteiger partial charge is 0.338 e. The minimum absolute atomic E-state index is 0.118. The molecule has 10 heteroatoms. The lowest BCUT2D eigenvalue weighted by Gasteiger charge is -2.35. The minimum atomic E-state index is -3.77. The fourth-order valence-corrected chi connectivity index (χ4v) is 4.65. The summed E-state index contributed by atoms with van der Waals surface area (Å²) >= 11 is 5.41. The van der Waals surface area contributed by atoms with Gasteiger partial charge < -0.3 is 19.7 Å². The molecule has 1 atom stereocenters. The molecule has 2 aromatic carbocycles. The van der Waals surface area contributed by atoms with Crippen molar-refractivity contribution in [1.29, 1.82) is 0 Å². The number of anilines is 1. The number of thiocarbonyl (C=S) groups is 1. The van der Waals surface area contributed by atoms with Gasteiger partial charge >= 0.3 is 5.97 Å². The molecule has 0 amide bonds. The van der Waals surface area contributed by atoms with E-state index in [1.807, 2.05) is 6.92 Å². The Kier molecular flexibility index (Phi) is 7.28. The quantitative estimate of drug-likeness (QED) is 0.450. The van der Waals surface area contributed by atoms with Crippen molar-refractivity contribution < 1.29 is 22.7 Å². The molecule has 0 radical (unpaired) electrons. The van der Waals surface area contributed by atoms with Gasteiger partial charge in [0.15, 0.2) is 5.11 Å². The van der Waals surface area contributed by atoms with E-state index < -0.39 is 22.0 Å². The lowest BCUT2D eigenvalue weighted by Crippen LogP contribution is -2.46. The summed E-state index contributed by atoms with van der Waals surface area (Å²) in [5.41, 5.74) is 2.27. The number of rotatable bonds is 7. The topological polar surface area (TPSA) is 97.0 Å². The summed E-state index contributed by atoms with van der Waals surface area (Å²) in [4.78, 5) is 14.7. The van der Waals surface area contributed by atoms with E-state index in [1.165, 1.54) is 19.2 Å². The second-order valence-electron chi connectivity index (χ2n) is 7.80. The average molecular weight is 490 g/mol. The zero-order chi connectivity index (χ0) is 24.3. The molecule has 0 aliphatic carbocycles. The third-order valence-corrected chi connectivity index (χ3v) is 6.97. The van der Waals surface area contributed by atoms with Crippen molar-refractivity contribution in [3.05, 3.63) is 65.4 Å². The van der Waals surface area contributed by atoms with E-state index in [9.17, 15) is 13.2 Å². The Balaban J connectivity index is 1.87. The standard InChI is InChI=1S/C23H27N3O5S2/c1-14(2)31-22(27)20-15(3)26(4)23(32)24-21(20)16-6-8-17(9-7-16)25-33(28,29)19-12-10-18(30-5)11-13-19/h6-14,21,25H,1-5H3,(H,24,32). The zero-order valence-corrected chi connectivity index (χ0v) is 20.7. The Morgan fingerprint density at radius 2 is 1.73 bits per heavy atom. The fourth-order valence-electron chi connectivity index (χ4n) is 3.34. The molecule has 2 N–H and O–H groups in total. The molecule has 176 valence electrons. The number of sulfonamides is 1. The van der Waals surface area contributed by atoms with Gasteiger partial charge in [-0.2, -0.15) is 0 Å². The number of carbonyl (C=O) groups is 1. The molecule has 0 spiro atoms. The van der Waals surface area contributed by atoms with Crippen LogP contribution in [0, 0.1) is 0 Å². The number of allylic oxidation sites excluding steroid dienone is 1. The van der Waals surface area contributed by atoms with Crippen LogP contribution in [0.2, 0.25) is 0 Å². The Morgan fingerprint density at radius 1 is 1.12 bits per heavy atom. The third-order valence-electron chi connectivity index (χ3n) is 5.18. The Hall–Kier alpha value is -3.11. The van der Waals surface area contributed by atoms with Crippen LogP contribution >= 0.6 is 12.2 Å². The van der Waals surface area contributed by atoms with Crippen LogP contribution in [0.1, 0.15) is 32.4 Å². The summed E-state index contributed by atoms with van der Waals surface area (Å²) in [6.07, 6.45) is -0.271. The summed E-state index contributed by atoms with van der Waals surface area (Å²) < 4.78 is 38.5. The zero-order valence-electron chi connectivity index (χ0n) is 19.1. The van der Waals surface area contributed by atoms with Gasteiger partial charge in [0.1, 0.15) is 5.75 Å². The van der Waals surface area contributed by atoms with Crippen LogP contribution in [0.15, 0.2) is 64.7 Å². The molecule has 1 unspecified atom stereocenters. The van der Waals surface area contributed by atoms with Gasteiger partial charge in [0.05, 0.1) is 29.7 Å². The van der Waals surface area contributed by atoms with Crippen molar-refractivity contribution >= 4 is 39.0 Å². The van der Waals surface area contributed by atoms with Crippen molar-refractivity contribution in [1.82, 2.24) is 10.2 Å². The van der Waals surface area contributed by atoms with E-state index >= 15 is 0 Å². The number of hydrogen-bond acceptors (Lipinski definition) is 6. The number of nitrogens with one attached hydrogen (secondary N) is 2. The van der Waals surface area contributed by atoms with Gasteiger partial charge in [-0.3, -0.25) is 4.72 Å². The van der Waals surface area contributed by atoms with Crippen LogP contribution < -0.4 is 14.8 Å². The largest absolute Gasteiger partial charge is 0.497 e. The number of hydrogen-bond donors (Lipinski definition) is 2. The first-order chi connectivity index (χ1) is 15.5. The number of nitrogens with zero attached hydrogens (tertiary/aromatic N) is 1. The van der Waals surface area contributed by atoms with Gasteiger partial charge in [-0.15, -0.1) is 0 Å². The number of methoxy groups -OCH3 is 1. The van der Waals surface area contributed by atoms with E-state index in [-0.39, 0.29) is 11.0 Å². The number of ether oxygens (including phenoxy) is 2. The first-order valence-corrected chi connectivity index (χ1v) is 12.2. The Bertz CT molecular complexity index is 1170. The molecule has 2 aromatic rings. The SMILES string of the molecule is COc1ccc(S(=O)(=O)Nc2ccc(C3NC(=S)N(C)C(C)=C3C(=O)OC(C)C)cc2)cc1. The highest BCUT2D eigenvalue weighted by Crippen LogP contribution is 2.32. The lowest BCUT2D eigenvalue weighted by molar-refractivity contribution is -0.143. The van der Waals surface area contributed by atoms with Gasteiger partial charge in [0.25, 0.3) is 10.0 Å². The van der Waals surface area contributed by atoms with Crippen molar-refractivity contribution in [2.75, 3.05) is 18.9 Å². The van der Waals surface area contributed by atoms with E-state index in [0.717, 1.165) is 5.56 Å². The van der Waals surface area contributed by atoms with Crippen LogP contribution in [-0.2, 0) is 19.6 Å². The van der Waals surface area contributed by atoms with E-state index in [1.54, 1.807) is 62.2 Å². The van der Waals surface area contributed by atoms with Crippen molar-refractivity contribution in [3.8, 4) is 5.75 Å². The second-order valence-corrected chi connectivity index (χ2v) is 9.87. The summed E-state index contributed by atoms with van der Waals surface area (Å²) in [7, 11) is -0.479. The maximum absolute atomic E-state index is 12.8. The van der Waals surface area contributed by atoms with Crippen LogP contribution in [0.4, 0.5) is 5.69 Å². The number of benzene rings is 2. The molecule has 1 aliphatic heterocycles. The van der Waals surface area contributed by atoms with Crippen LogP contribution in [-0.4, -0.2) is 44.7 Å². The molecule has 0 aromatic heterocycles. The highest BCUT2D eigenvalue weighted by atomic mass is 32.2. The van der Waals surface area contributed by atoms with Gasteiger partial charge in [-0.1, -0.05) is 12.1 Å². The van der Waals surface area contributed by atoms with E-state index in [2.05, 4.69) is 10.0 Å². The molecule has 1 heterocycles. The number of esters is 1. The maximum Gasteiger partial charge on any atom is 0.338 e. The van der Waals surface area contributed by atoms with Crippen molar-refractivity contribution in [2.45, 2.75) is 37.8 Å². The Morgan fingerprint density at radius 3 is 2.27 bits per heavy atom. The first-order valence-electron chi connectivity index (χ1n) is 10.3. The molecule has 0 saturated heterocycles. The van der Waals surface area contributed by atoms with Crippen molar-refractivity contribution in [2.24, 2.45) is 0 Å². The summed E-state index contributed by atoms with van der Waals surface area (Å²) in [5.74, 6) is 0.135. The van der Waals surface area contributed by atoms with Crippen LogP contribution in [0.25, 0.3) is 0 Å². The predicted molar refractivity (Wildman–Crippen MR) is 130 cm³/mol. The molecular weight excluding hydrogens is 462 g/mol. The third kappa shape index (κ3) is 5.45. The molecule has 8 nitrogen and oxygen atoms in total. The highest BCUT2D eigenvalue weighted by molar-refractivity contribution is 7.92. The normalized spacial score (nSPS) is 16.5. The monoisotopic (exact) mass is 489 g/mol. The summed E-state index contributed by atoms with van der Waals surface area (Å²) in [6.45, 7) is 5.39. The minimum Gasteiger partial charge on any atom is -0.497 e. The van der Waals surface area contributed by atoms with E-state index in [4.69, 9.17) is 21.7 Å². The highest BCUT2D eigenvalue weighted by Gasteiger charge is 2.33. The molecule has 1 aliphatic rings. The second kappa shape index (κ2) is 9.80. The average Bonchev–Trinajstić information content (AvgIpc) is 2.77. The molecule has 0 fully saturated rings. The molecule has 0 saturated carbocycles. The summed E-state index contributed by atoms with van der Waals surface area (Å²) in [6, 6.07) is 12.4. The first kappa shape index (κ1) is 24.5. The Labute approximate surface area is 199 Å². The molecular formula is C23H27N3O5S2. The van der Waals surface area contributed by atoms with Gasteiger partial charge in [0, 0.05) is 18.4 Å². The molecule has 33 heavy (non-hydrogen) atoms. The molecule has 0 bridgehead atoms. The maximum atomic E-state index is 12.8. The predicted octanol–water partition coefficient (Wildman–Crippen LogP) is 3.58. The summed E-state index contributed by atoms with van der Waals surface area (Å²) in [5, 5.41) is 3.64. The lowest BCUT2D eigenvalue weighted by atomic mass is 9.95. The van der Waals surface area contributed by atoms with E-state index in [0.29, 0.717) is 27.8 Å². The van der Waals surface area contributed by atoms with Gasteiger partial charge in [0.2, 0.25) is 0 Å².